The summed E-state index contributed by atoms with van der Waals surface area (Å²) in [6.07, 6.45) is -6.94. The Morgan fingerprint density at radius 3 is 2.29 bits per heavy atom. The van der Waals surface area contributed by atoms with Crippen LogP contribution in [0.15, 0.2) is 24.3 Å². The van der Waals surface area contributed by atoms with Gasteiger partial charge in [-0.15, -0.1) is 0 Å². The lowest BCUT2D eigenvalue weighted by atomic mass is 9.98. The zero-order chi connectivity index (χ0) is 16.0. The minimum absolute atomic E-state index is 0.390. The maximum absolute atomic E-state index is 12.7. The Labute approximate surface area is 120 Å². The number of alkyl halides is 4. The SMILES string of the molecule is CCCC[C@H](O)[C@H](N)c1ccc(OC(F)(F)C(F)F)cc1. The van der Waals surface area contributed by atoms with Gasteiger partial charge in [0, 0.05) is 0 Å². The van der Waals surface area contributed by atoms with Crippen molar-refractivity contribution in [2.75, 3.05) is 0 Å². The van der Waals surface area contributed by atoms with Crippen LogP contribution < -0.4 is 10.5 Å². The predicted octanol–water partition coefficient (Wildman–Crippen LogP) is 3.47. The zero-order valence-corrected chi connectivity index (χ0v) is 11.6. The number of unbranched alkanes of at least 4 members (excludes halogenated alkanes) is 1. The Hall–Kier alpha value is -1.34. The minimum atomic E-state index is -4.54. The molecule has 0 aromatic heterocycles. The highest BCUT2D eigenvalue weighted by Crippen LogP contribution is 2.28. The Morgan fingerprint density at radius 1 is 1.24 bits per heavy atom. The number of aliphatic hydroxyl groups is 1. The quantitative estimate of drug-likeness (QED) is 0.723. The molecule has 2 atom stereocenters. The predicted molar refractivity (Wildman–Crippen MR) is 70.5 cm³/mol. The minimum Gasteiger partial charge on any atom is -0.428 e. The summed E-state index contributed by atoms with van der Waals surface area (Å²) < 4.78 is 53.4. The van der Waals surface area contributed by atoms with E-state index >= 15 is 0 Å². The van der Waals surface area contributed by atoms with E-state index in [1.54, 1.807) is 0 Å². The molecular weight excluding hydrogens is 290 g/mol. The van der Waals surface area contributed by atoms with E-state index in [1.807, 2.05) is 6.92 Å². The van der Waals surface area contributed by atoms with Gasteiger partial charge < -0.3 is 15.6 Å². The van der Waals surface area contributed by atoms with Crippen LogP contribution in [0.1, 0.15) is 37.8 Å². The van der Waals surface area contributed by atoms with Gasteiger partial charge in [0.15, 0.2) is 0 Å². The van der Waals surface area contributed by atoms with Gasteiger partial charge in [0.2, 0.25) is 0 Å². The van der Waals surface area contributed by atoms with Gasteiger partial charge in [-0.05, 0) is 24.1 Å². The van der Waals surface area contributed by atoms with Crippen molar-refractivity contribution in [1.82, 2.24) is 0 Å². The molecule has 1 aromatic rings. The molecule has 0 aliphatic heterocycles. The molecule has 0 aliphatic carbocycles. The lowest BCUT2D eigenvalue weighted by molar-refractivity contribution is -0.253. The molecule has 0 fully saturated rings. The maximum Gasteiger partial charge on any atom is 0.461 e. The Bertz CT molecular complexity index is 425. The van der Waals surface area contributed by atoms with Crippen molar-refractivity contribution in [3.05, 3.63) is 29.8 Å². The molecular formula is C14H19F4NO2. The van der Waals surface area contributed by atoms with Crippen LogP contribution in [0.5, 0.6) is 5.75 Å². The van der Waals surface area contributed by atoms with E-state index in [0.717, 1.165) is 25.0 Å². The second kappa shape index (κ2) is 7.61. The average Bonchev–Trinajstić information content (AvgIpc) is 2.44. The van der Waals surface area contributed by atoms with Gasteiger partial charge in [0.05, 0.1) is 12.1 Å². The molecule has 120 valence electrons. The number of hydrogen-bond acceptors (Lipinski definition) is 3. The summed E-state index contributed by atoms with van der Waals surface area (Å²) >= 11 is 0. The van der Waals surface area contributed by atoms with Crippen LogP contribution in [0.2, 0.25) is 0 Å². The molecule has 1 aromatic carbocycles. The van der Waals surface area contributed by atoms with Crippen LogP contribution in [-0.4, -0.2) is 23.7 Å². The first-order valence-electron chi connectivity index (χ1n) is 6.66. The van der Waals surface area contributed by atoms with Crippen LogP contribution in [0, 0.1) is 0 Å². The summed E-state index contributed by atoms with van der Waals surface area (Å²) in [4.78, 5) is 0. The normalized spacial score (nSPS) is 15.0. The first-order valence-corrected chi connectivity index (χ1v) is 6.66. The summed E-state index contributed by atoms with van der Waals surface area (Å²) in [5, 5.41) is 9.86. The Morgan fingerprint density at radius 2 is 1.81 bits per heavy atom. The molecule has 0 saturated carbocycles. The summed E-state index contributed by atoms with van der Waals surface area (Å²) in [6.45, 7) is 1.98. The average molecular weight is 309 g/mol. The summed E-state index contributed by atoms with van der Waals surface area (Å²) in [5.74, 6) is -0.390. The van der Waals surface area contributed by atoms with Crippen LogP contribution in [0.25, 0.3) is 0 Å². The number of rotatable bonds is 8. The summed E-state index contributed by atoms with van der Waals surface area (Å²) in [5.41, 5.74) is 6.37. The molecule has 0 aliphatic rings. The number of benzene rings is 1. The highest BCUT2D eigenvalue weighted by Gasteiger charge is 2.43. The van der Waals surface area contributed by atoms with Gasteiger partial charge in [0.25, 0.3) is 0 Å². The Balaban J connectivity index is 2.69. The fourth-order valence-electron chi connectivity index (χ4n) is 1.77. The zero-order valence-electron chi connectivity index (χ0n) is 11.6. The largest absolute Gasteiger partial charge is 0.461 e. The van der Waals surface area contributed by atoms with Gasteiger partial charge in [-0.2, -0.15) is 17.6 Å². The van der Waals surface area contributed by atoms with Crippen molar-refractivity contribution < 1.29 is 27.4 Å². The number of nitrogens with two attached hydrogens (primary N) is 1. The van der Waals surface area contributed by atoms with Crippen molar-refractivity contribution in [3.63, 3.8) is 0 Å². The number of halogens is 4. The lowest BCUT2D eigenvalue weighted by Gasteiger charge is -2.20. The highest BCUT2D eigenvalue weighted by atomic mass is 19.3. The molecule has 0 heterocycles. The van der Waals surface area contributed by atoms with Crippen LogP contribution in [-0.2, 0) is 0 Å². The number of aliphatic hydroxyl groups excluding tert-OH is 1. The van der Waals surface area contributed by atoms with E-state index in [9.17, 15) is 22.7 Å². The smallest absolute Gasteiger partial charge is 0.428 e. The maximum atomic E-state index is 12.7. The van der Waals surface area contributed by atoms with Crippen molar-refractivity contribution in [2.24, 2.45) is 5.73 Å². The molecule has 1 rings (SSSR count). The van der Waals surface area contributed by atoms with Crippen LogP contribution >= 0.6 is 0 Å². The summed E-state index contributed by atoms with van der Waals surface area (Å²) in [7, 11) is 0. The van der Waals surface area contributed by atoms with E-state index in [1.165, 1.54) is 12.1 Å². The van der Waals surface area contributed by atoms with Gasteiger partial charge in [-0.3, -0.25) is 0 Å². The molecule has 0 radical (unpaired) electrons. The standard InChI is InChI=1S/C14H19F4NO2/c1-2-3-4-11(20)12(19)9-5-7-10(8-6-9)21-14(17,18)13(15)16/h5-8,11-13,20H,2-4,19H2,1H3/t11-,12+/m0/s1. The third-order valence-corrected chi connectivity index (χ3v) is 3.04. The molecule has 21 heavy (non-hydrogen) atoms. The number of ether oxygens (including phenoxy) is 1. The lowest BCUT2D eigenvalue weighted by Crippen LogP contribution is -2.33. The van der Waals surface area contributed by atoms with Gasteiger partial charge in [0.1, 0.15) is 5.75 Å². The van der Waals surface area contributed by atoms with E-state index in [4.69, 9.17) is 5.73 Å². The van der Waals surface area contributed by atoms with E-state index in [2.05, 4.69) is 4.74 Å². The van der Waals surface area contributed by atoms with Gasteiger partial charge in [-0.1, -0.05) is 31.9 Å². The van der Waals surface area contributed by atoms with Gasteiger partial charge >= 0.3 is 12.5 Å². The van der Waals surface area contributed by atoms with Crippen molar-refractivity contribution in [1.29, 1.82) is 0 Å². The van der Waals surface area contributed by atoms with Crippen molar-refractivity contribution in [2.45, 2.75) is 50.9 Å². The van der Waals surface area contributed by atoms with Crippen molar-refractivity contribution >= 4 is 0 Å². The second-order valence-electron chi connectivity index (χ2n) is 4.77. The highest BCUT2D eigenvalue weighted by molar-refractivity contribution is 5.29. The summed E-state index contributed by atoms with van der Waals surface area (Å²) in [6, 6.07) is 4.32. The third kappa shape index (κ3) is 5.17. The second-order valence-corrected chi connectivity index (χ2v) is 4.77. The van der Waals surface area contributed by atoms with E-state index in [0.29, 0.717) is 12.0 Å². The van der Waals surface area contributed by atoms with E-state index < -0.39 is 24.7 Å². The van der Waals surface area contributed by atoms with Crippen molar-refractivity contribution in [3.8, 4) is 5.75 Å². The van der Waals surface area contributed by atoms with E-state index in [-0.39, 0.29) is 5.75 Å². The molecule has 3 N–H and O–H groups in total. The number of hydrogen-bond donors (Lipinski definition) is 2. The first kappa shape index (κ1) is 17.7. The monoisotopic (exact) mass is 309 g/mol. The van der Waals surface area contributed by atoms with Crippen LogP contribution in [0.4, 0.5) is 17.6 Å². The fraction of sp³-hybridized carbons (Fsp3) is 0.571. The first-order chi connectivity index (χ1) is 9.77. The molecule has 0 amide bonds. The fourth-order valence-corrected chi connectivity index (χ4v) is 1.77. The third-order valence-electron chi connectivity index (χ3n) is 3.04. The molecule has 3 nitrogen and oxygen atoms in total. The molecule has 0 unspecified atom stereocenters. The molecule has 0 bridgehead atoms. The molecule has 7 heteroatoms. The molecule has 0 spiro atoms. The Kier molecular flexibility index (Phi) is 6.42. The molecule has 0 saturated heterocycles. The topological polar surface area (TPSA) is 55.5 Å². The van der Waals surface area contributed by atoms with Gasteiger partial charge in [-0.25, -0.2) is 0 Å². The van der Waals surface area contributed by atoms with Crippen LogP contribution in [0.3, 0.4) is 0 Å².